The van der Waals surface area contributed by atoms with E-state index < -0.39 is 11.4 Å². The van der Waals surface area contributed by atoms with Gasteiger partial charge in [-0.25, -0.2) is 9.37 Å². The lowest BCUT2D eigenvalue weighted by Gasteiger charge is -2.25. The Morgan fingerprint density at radius 1 is 1.28 bits per heavy atom. The molecule has 6 heteroatoms. The molecule has 5 nitrogen and oxygen atoms in total. The molecule has 0 saturated carbocycles. The highest BCUT2D eigenvalue weighted by Crippen LogP contribution is 2.17. The molecule has 3 N–H and O–H groups in total. The zero-order valence-corrected chi connectivity index (χ0v) is 11.1. The van der Waals surface area contributed by atoms with E-state index >= 15 is 0 Å². The Bertz CT molecular complexity index is 382. The number of halogens is 1. The Balaban J connectivity index is 2.74. The molecule has 0 spiro atoms. The molecule has 0 aliphatic heterocycles. The van der Waals surface area contributed by atoms with Gasteiger partial charge < -0.3 is 15.7 Å². The van der Waals surface area contributed by atoms with Gasteiger partial charge in [-0.3, -0.25) is 0 Å². The Morgan fingerprint density at radius 3 is 2.50 bits per heavy atom. The highest BCUT2D eigenvalue weighted by atomic mass is 19.1. The monoisotopic (exact) mass is 256 g/mol. The molecule has 0 saturated heterocycles. The van der Waals surface area contributed by atoms with Gasteiger partial charge in [0.25, 0.3) is 0 Å². The Labute approximate surface area is 107 Å². The van der Waals surface area contributed by atoms with E-state index in [4.69, 9.17) is 0 Å². The van der Waals surface area contributed by atoms with Crippen LogP contribution in [0.15, 0.2) is 6.20 Å². The number of nitrogens with one attached hydrogen (secondary N) is 2. The molecule has 0 fully saturated rings. The van der Waals surface area contributed by atoms with Crippen LogP contribution in [0.3, 0.4) is 0 Å². The molecule has 1 rings (SSSR count). The summed E-state index contributed by atoms with van der Waals surface area (Å²) in [4.78, 5) is 7.83. The summed E-state index contributed by atoms with van der Waals surface area (Å²) >= 11 is 0. The van der Waals surface area contributed by atoms with E-state index in [0.29, 0.717) is 25.3 Å². The summed E-state index contributed by atoms with van der Waals surface area (Å²) in [6, 6.07) is 0. The van der Waals surface area contributed by atoms with Crippen molar-refractivity contribution in [2.45, 2.75) is 39.2 Å². The van der Waals surface area contributed by atoms with Crippen molar-refractivity contribution in [3.05, 3.63) is 12.0 Å². The van der Waals surface area contributed by atoms with Crippen molar-refractivity contribution in [2.75, 3.05) is 23.7 Å². The fraction of sp³-hybridized carbons (Fsp3) is 0.667. The molecule has 0 atom stereocenters. The zero-order valence-electron chi connectivity index (χ0n) is 11.1. The van der Waals surface area contributed by atoms with Crippen LogP contribution in [-0.2, 0) is 0 Å². The van der Waals surface area contributed by atoms with Crippen LogP contribution in [0.4, 0.5) is 16.2 Å². The summed E-state index contributed by atoms with van der Waals surface area (Å²) in [6.45, 7) is 6.63. The van der Waals surface area contributed by atoms with E-state index in [-0.39, 0.29) is 12.4 Å². The minimum atomic E-state index is -0.838. The van der Waals surface area contributed by atoms with Crippen LogP contribution in [0.5, 0.6) is 0 Å². The van der Waals surface area contributed by atoms with Crippen LogP contribution in [0.25, 0.3) is 0 Å². The van der Waals surface area contributed by atoms with Gasteiger partial charge in [0.15, 0.2) is 11.6 Å². The first-order chi connectivity index (χ1) is 8.54. The summed E-state index contributed by atoms with van der Waals surface area (Å²) in [6.07, 6.45) is 2.32. The van der Waals surface area contributed by atoms with E-state index in [2.05, 4.69) is 20.6 Å². The first kappa shape index (κ1) is 14.6. The highest BCUT2D eigenvalue weighted by molar-refractivity contribution is 5.41. The number of anilines is 2. The predicted octanol–water partition coefficient (Wildman–Crippen LogP) is 2.01. The number of nitrogens with zero attached hydrogens (tertiary/aromatic N) is 2. The van der Waals surface area contributed by atoms with Gasteiger partial charge in [0.2, 0.25) is 5.95 Å². The minimum Gasteiger partial charge on any atom is -0.388 e. The van der Waals surface area contributed by atoms with Crippen LogP contribution < -0.4 is 10.6 Å². The number of hydrogen-bond acceptors (Lipinski definition) is 5. The first-order valence-corrected chi connectivity index (χ1v) is 6.27. The molecule has 1 aromatic rings. The van der Waals surface area contributed by atoms with E-state index in [9.17, 15) is 9.50 Å². The fourth-order valence-corrected chi connectivity index (χ4v) is 1.48. The average molecular weight is 256 g/mol. The van der Waals surface area contributed by atoms with Crippen molar-refractivity contribution < 1.29 is 9.50 Å². The maximum atomic E-state index is 13.5. The molecule has 18 heavy (non-hydrogen) atoms. The number of hydrogen-bond donors (Lipinski definition) is 3. The smallest absolute Gasteiger partial charge is 0.224 e. The summed E-state index contributed by atoms with van der Waals surface area (Å²) in [5, 5.41) is 15.9. The largest absolute Gasteiger partial charge is 0.388 e. The molecule has 0 aliphatic rings. The summed E-state index contributed by atoms with van der Waals surface area (Å²) in [5.74, 6) is -0.0366. The quantitative estimate of drug-likeness (QED) is 0.696. The molecule has 0 unspecified atom stereocenters. The van der Waals surface area contributed by atoms with Gasteiger partial charge in [-0.05, 0) is 19.8 Å². The van der Waals surface area contributed by atoms with Crippen molar-refractivity contribution >= 4 is 11.8 Å². The van der Waals surface area contributed by atoms with E-state index in [1.165, 1.54) is 0 Å². The Hall–Kier alpha value is -1.43. The van der Waals surface area contributed by atoms with Crippen LogP contribution in [-0.4, -0.2) is 33.8 Å². The van der Waals surface area contributed by atoms with Gasteiger partial charge in [-0.2, -0.15) is 4.98 Å². The van der Waals surface area contributed by atoms with Crippen molar-refractivity contribution in [1.82, 2.24) is 9.97 Å². The molecule has 0 aromatic carbocycles. The lowest BCUT2D eigenvalue weighted by atomic mass is 9.98. The van der Waals surface area contributed by atoms with Crippen LogP contribution >= 0.6 is 0 Å². The SMILES string of the molecule is CCNc1ncc(F)c(NCC(O)(CC)CC)n1. The first-order valence-electron chi connectivity index (χ1n) is 6.27. The number of aromatic nitrogens is 2. The molecule has 1 heterocycles. The minimum absolute atomic E-state index is 0.112. The van der Waals surface area contributed by atoms with Crippen molar-refractivity contribution in [1.29, 1.82) is 0 Å². The number of rotatable bonds is 7. The third-order valence-corrected chi connectivity index (χ3v) is 2.98. The Morgan fingerprint density at radius 2 is 1.94 bits per heavy atom. The zero-order chi connectivity index (χ0) is 13.6. The van der Waals surface area contributed by atoms with Gasteiger partial charge >= 0.3 is 0 Å². The van der Waals surface area contributed by atoms with Crippen molar-refractivity contribution in [3.8, 4) is 0 Å². The molecule has 0 aliphatic carbocycles. The summed E-state index contributed by atoms with van der Waals surface area (Å²) in [5.41, 5.74) is -0.838. The second-order valence-corrected chi connectivity index (χ2v) is 4.21. The molecule has 102 valence electrons. The lowest BCUT2D eigenvalue weighted by Crippen LogP contribution is -2.35. The summed E-state index contributed by atoms with van der Waals surface area (Å²) < 4.78 is 13.5. The van der Waals surface area contributed by atoms with Gasteiger partial charge in [0.1, 0.15) is 0 Å². The van der Waals surface area contributed by atoms with E-state index in [1.54, 1.807) is 0 Å². The van der Waals surface area contributed by atoms with Crippen LogP contribution in [0.2, 0.25) is 0 Å². The van der Waals surface area contributed by atoms with Crippen LogP contribution in [0, 0.1) is 5.82 Å². The molecule has 0 amide bonds. The molecular weight excluding hydrogens is 235 g/mol. The van der Waals surface area contributed by atoms with E-state index in [0.717, 1.165) is 6.20 Å². The van der Waals surface area contributed by atoms with Crippen molar-refractivity contribution in [2.24, 2.45) is 0 Å². The topological polar surface area (TPSA) is 70.1 Å². The van der Waals surface area contributed by atoms with Crippen molar-refractivity contribution in [3.63, 3.8) is 0 Å². The van der Waals surface area contributed by atoms with Crippen LogP contribution in [0.1, 0.15) is 33.6 Å². The predicted molar refractivity (Wildman–Crippen MR) is 70.2 cm³/mol. The maximum Gasteiger partial charge on any atom is 0.224 e. The average Bonchev–Trinajstić information content (AvgIpc) is 2.39. The molecule has 0 bridgehead atoms. The summed E-state index contributed by atoms with van der Waals surface area (Å²) in [7, 11) is 0. The molecule has 1 aromatic heterocycles. The van der Waals surface area contributed by atoms with Gasteiger partial charge in [0, 0.05) is 13.1 Å². The fourth-order valence-electron chi connectivity index (χ4n) is 1.48. The number of aliphatic hydroxyl groups is 1. The second-order valence-electron chi connectivity index (χ2n) is 4.21. The standard InChI is InChI=1S/C12H21FN4O/c1-4-12(18,5-2)8-16-10-9(13)7-15-11(17-10)14-6-3/h7,18H,4-6,8H2,1-3H3,(H2,14,15,16,17). The Kier molecular flexibility index (Phi) is 5.27. The molecular formula is C12H21FN4O. The van der Waals surface area contributed by atoms with Gasteiger partial charge in [0.05, 0.1) is 11.8 Å². The third-order valence-electron chi connectivity index (χ3n) is 2.98. The second kappa shape index (κ2) is 6.49. The highest BCUT2D eigenvalue weighted by Gasteiger charge is 2.22. The van der Waals surface area contributed by atoms with Gasteiger partial charge in [-0.15, -0.1) is 0 Å². The normalized spacial score (nSPS) is 11.4. The van der Waals surface area contributed by atoms with E-state index in [1.807, 2.05) is 20.8 Å². The van der Waals surface area contributed by atoms with Gasteiger partial charge in [-0.1, -0.05) is 13.8 Å². The molecule has 0 radical (unpaired) electrons. The third kappa shape index (κ3) is 3.80. The maximum absolute atomic E-state index is 13.5. The lowest BCUT2D eigenvalue weighted by molar-refractivity contribution is 0.0455.